The summed E-state index contributed by atoms with van der Waals surface area (Å²) in [5.74, 6) is 1.96. The van der Waals surface area contributed by atoms with Gasteiger partial charge in [-0.15, -0.1) is 5.10 Å². The van der Waals surface area contributed by atoms with Crippen LogP contribution in [0.2, 0.25) is 0 Å². The van der Waals surface area contributed by atoms with Crippen LogP contribution >= 0.6 is 0 Å². The number of hydrogen-bond acceptors (Lipinski definition) is 4. The number of aryl methyl sites for hydroxylation is 1. The van der Waals surface area contributed by atoms with E-state index in [4.69, 9.17) is 0 Å². The molecular formula is C12H14N4O. The van der Waals surface area contributed by atoms with Crippen LogP contribution < -0.4 is 0 Å². The Labute approximate surface area is 98.9 Å². The number of ketones is 1. The maximum atomic E-state index is 11.4. The van der Waals surface area contributed by atoms with Gasteiger partial charge in [-0.25, -0.2) is 9.50 Å². The molecule has 1 saturated carbocycles. The highest BCUT2D eigenvalue weighted by molar-refractivity contribution is 5.94. The Hall–Kier alpha value is -1.78. The third-order valence-electron chi connectivity index (χ3n) is 3.47. The second kappa shape index (κ2) is 3.61. The number of fused-ring (bicyclic) bond motifs is 1. The SMILES string of the molecule is CC(=O)c1cnc2nc(C3CCC3)nn2c1C. The van der Waals surface area contributed by atoms with Gasteiger partial charge in [-0.05, 0) is 26.7 Å². The van der Waals surface area contributed by atoms with Crippen molar-refractivity contribution in [2.75, 3.05) is 0 Å². The normalized spacial score (nSPS) is 16.1. The summed E-state index contributed by atoms with van der Waals surface area (Å²) in [7, 11) is 0. The van der Waals surface area contributed by atoms with Gasteiger partial charge < -0.3 is 0 Å². The van der Waals surface area contributed by atoms with Crippen LogP contribution in [0, 0.1) is 6.92 Å². The molecule has 0 amide bonds. The van der Waals surface area contributed by atoms with E-state index in [2.05, 4.69) is 15.1 Å². The minimum Gasteiger partial charge on any atom is -0.294 e. The van der Waals surface area contributed by atoms with E-state index in [1.807, 2.05) is 6.92 Å². The lowest BCUT2D eigenvalue weighted by Crippen LogP contribution is -2.11. The fourth-order valence-electron chi connectivity index (χ4n) is 2.14. The van der Waals surface area contributed by atoms with Crippen LogP contribution in [0.25, 0.3) is 5.78 Å². The van der Waals surface area contributed by atoms with Gasteiger partial charge >= 0.3 is 0 Å². The Morgan fingerprint density at radius 2 is 2.24 bits per heavy atom. The van der Waals surface area contributed by atoms with Crippen LogP contribution in [0.3, 0.4) is 0 Å². The predicted octanol–water partition coefficient (Wildman–Crippen LogP) is 1.90. The maximum absolute atomic E-state index is 11.4. The summed E-state index contributed by atoms with van der Waals surface area (Å²) < 4.78 is 1.68. The molecule has 2 aromatic heterocycles. The van der Waals surface area contributed by atoms with Crippen molar-refractivity contribution in [3.8, 4) is 0 Å². The number of carbonyl (C=O) groups is 1. The summed E-state index contributed by atoms with van der Waals surface area (Å²) in [6.07, 6.45) is 5.17. The smallest absolute Gasteiger partial charge is 0.252 e. The summed E-state index contributed by atoms with van der Waals surface area (Å²) in [5, 5.41) is 4.47. The first kappa shape index (κ1) is 10.4. The molecule has 0 aliphatic heterocycles. The average Bonchev–Trinajstić information content (AvgIpc) is 2.59. The monoisotopic (exact) mass is 230 g/mol. The van der Waals surface area contributed by atoms with Crippen molar-refractivity contribution in [1.29, 1.82) is 0 Å². The molecule has 0 radical (unpaired) electrons. The quantitative estimate of drug-likeness (QED) is 0.739. The van der Waals surface area contributed by atoms with E-state index in [0.717, 1.165) is 24.4 Å². The molecular weight excluding hydrogens is 216 g/mol. The predicted molar refractivity (Wildman–Crippen MR) is 62.1 cm³/mol. The summed E-state index contributed by atoms with van der Waals surface area (Å²) in [6, 6.07) is 0. The van der Waals surface area contributed by atoms with Crippen molar-refractivity contribution in [2.24, 2.45) is 0 Å². The molecule has 1 aliphatic rings. The highest BCUT2D eigenvalue weighted by atomic mass is 16.1. The van der Waals surface area contributed by atoms with Crippen molar-refractivity contribution < 1.29 is 4.79 Å². The molecule has 2 heterocycles. The standard InChI is InChI=1S/C12H14N4O/c1-7-10(8(2)17)6-13-12-14-11(15-16(7)12)9-4-3-5-9/h6,9H,3-5H2,1-2H3. The van der Waals surface area contributed by atoms with Gasteiger partial charge in [0.05, 0.1) is 11.3 Å². The number of nitrogens with zero attached hydrogens (tertiary/aromatic N) is 4. The van der Waals surface area contributed by atoms with Crippen LogP contribution in [0.1, 0.15) is 54.0 Å². The molecule has 17 heavy (non-hydrogen) atoms. The fraction of sp³-hybridized carbons (Fsp3) is 0.500. The molecule has 2 aromatic rings. The van der Waals surface area contributed by atoms with E-state index in [1.165, 1.54) is 6.42 Å². The second-order valence-corrected chi connectivity index (χ2v) is 4.62. The molecule has 0 unspecified atom stereocenters. The first-order chi connectivity index (χ1) is 8.16. The van der Waals surface area contributed by atoms with Gasteiger partial charge in [0.1, 0.15) is 0 Å². The van der Waals surface area contributed by atoms with E-state index in [1.54, 1.807) is 17.6 Å². The molecule has 5 heteroatoms. The molecule has 0 bridgehead atoms. The van der Waals surface area contributed by atoms with E-state index >= 15 is 0 Å². The van der Waals surface area contributed by atoms with Crippen molar-refractivity contribution in [1.82, 2.24) is 19.6 Å². The lowest BCUT2D eigenvalue weighted by Gasteiger charge is -2.21. The number of Topliss-reactive ketones (excluding diaryl/α,β-unsaturated/α-hetero) is 1. The molecule has 3 rings (SSSR count). The highest BCUT2D eigenvalue weighted by Gasteiger charge is 2.24. The van der Waals surface area contributed by atoms with Crippen LogP contribution in [0.15, 0.2) is 6.20 Å². The summed E-state index contributed by atoms with van der Waals surface area (Å²) >= 11 is 0. The Bertz CT molecular complexity index is 598. The van der Waals surface area contributed by atoms with Gasteiger partial charge in [0, 0.05) is 12.1 Å². The zero-order valence-electron chi connectivity index (χ0n) is 9.97. The number of carbonyl (C=O) groups excluding carboxylic acids is 1. The Balaban J connectivity index is 2.15. The number of aromatic nitrogens is 4. The molecule has 1 fully saturated rings. The summed E-state index contributed by atoms with van der Waals surface area (Å²) in [5.41, 5.74) is 1.43. The largest absolute Gasteiger partial charge is 0.294 e. The van der Waals surface area contributed by atoms with Crippen molar-refractivity contribution in [3.05, 3.63) is 23.3 Å². The molecule has 0 atom stereocenters. The van der Waals surface area contributed by atoms with Crippen molar-refractivity contribution >= 4 is 11.6 Å². The Morgan fingerprint density at radius 3 is 2.82 bits per heavy atom. The number of rotatable bonds is 2. The average molecular weight is 230 g/mol. The molecule has 0 aromatic carbocycles. The van der Waals surface area contributed by atoms with E-state index in [9.17, 15) is 4.79 Å². The van der Waals surface area contributed by atoms with Gasteiger partial charge in [-0.2, -0.15) is 4.98 Å². The Morgan fingerprint density at radius 1 is 1.47 bits per heavy atom. The minimum absolute atomic E-state index is 0.0117. The molecule has 5 nitrogen and oxygen atoms in total. The summed E-state index contributed by atoms with van der Waals surface area (Å²) in [4.78, 5) is 20.0. The van der Waals surface area contributed by atoms with Crippen LogP contribution in [0.5, 0.6) is 0 Å². The molecule has 0 N–H and O–H groups in total. The second-order valence-electron chi connectivity index (χ2n) is 4.62. The first-order valence-corrected chi connectivity index (χ1v) is 5.90. The van der Waals surface area contributed by atoms with Crippen LogP contribution in [-0.2, 0) is 0 Å². The minimum atomic E-state index is 0.0117. The van der Waals surface area contributed by atoms with Gasteiger partial charge in [0.15, 0.2) is 11.6 Å². The Kier molecular flexibility index (Phi) is 2.21. The third kappa shape index (κ3) is 1.53. The fourth-order valence-corrected chi connectivity index (χ4v) is 2.14. The van der Waals surface area contributed by atoms with Gasteiger partial charge in [-0.1, -0.05) is 6.42 Å². The van der Waals surface area contributed by atoms with Crippen LogP contribution in [-0.4, -0.2) is 25.4 Å². The van der Waals surface area contributed by atoms with Crippen LogP contribution in [0.4, 0.5) is 0 Å². The molecule has 0 saturated heterocycles. The number of hydrogen-bond donors (Lipinski definition) is 0. The maximum Gasteiger partial charge on any atom is 0.252 e. The first-order valence-electron chi connectivity index (χ1n) is 5.90. The van der Waals surface area contributed by atoms with Crippen molar-refractivity contribution in [2.45, 2.75) is 39.0 Å². The third-order valence-corrected chi connectivity index (χ3v) is 3.47. The van der Waals surface area contributed by atoms with E-state index in [-0.39, 0.29) is 5.78 Å². The lowest BCUT2D eigenvalue weighted by atomic mass is 9.85. The molecule has 1 aliphatic carbocycles. The summed E-state index contributed by atoms with van der Waals surface area (Å²) in [6.45, 7) is 3.42. The van der Waals surface area contributed by atoms with Gasteiger partial charge in [0.25, 0.3) is 5.78 Å². The van der Waals surface area contributed by atoms with Gasteiger partial charge in [0.2, 0.25) is 0 Å². The van der Waals surface area contributed by atoms with Gasteiger partial charge in [-0.3, -0.25) is 4.79 Å². The zero-order chi connectivity index (χ0) is 12.0. The molecule has 88 valence electrons. The van der Waals surface area contributed by atoms with E-state index < -0.39 is 0 Å². The van der Waals surface area contributed by atoms with E-state index in [0.29, 0.717) is 17.3 Å². The zero-order valence-corrected chi connectivity index (χ0v) is 9.97. The van der Waals surface area contributed by atoms with Crippen molar-refractivity contribution in [3.63, 3.8) is 0 Å². The highest BCUT2D eigenvalue weighted by Crippen LogP contribution is 2.34. The molecule has 0 spiro atoms. The lowest BCUT2D eigenvalue weighted by molar-refractivity contribution is 0.101. The topological polar surface area (TPSA) is 60.2 Å².